The van der Waals surface area contributed by atoms with E-state index >= 15 is 0 Å². The Hall–Kier alpha value is -3.20. The van der Waals surface area contributed by atoms with E-state index in [1.807, 2.05) is 0 Å². The topological polar surface area (TPSA) is 155 Å². The molecule has 0 aliphatic carbocycles. The zero-order chi connectivity index (χ0) is 26.9. The molecule has 202 valence electrons. The number of hydrogen-bond donors (Lipinski definition) is 2. The monoisotopic (exact) mass is 523 g/mol. The minimum absolute atomic E-state index is 0.0311. The number of nitrogens with one attached hydrogen (secondary N) is 1. The lowest BCUT2D eigenvalue weighted by Gasteiger charge is -2.25. The molecule has 1 aromatic rings. The molecule has 2 heterocycles. The lowest BCUT2D eigenvalue weighted by molar-refractivity contribution is -0.174. The number of nitrogens with zero attached hydrogens (tertiary/aromatic N) is 2. The first-order valence-corrected chi connectivity index (χ1v) is 11.2. The van der Waals surface area contributed by atoms with E-state index in [0.717, 1.165) is 10.8 Å². The third-order valence-electron chi connectivity index (χ3n) is 4.97. The van der Waals surface area contributed by atoms with Crippen LogP contribution in [-0.2, 0) is 33.3 Å². The summed E-state index contributed by atoms with van der Waals surface area (Å²) in [6.07, 6.45) is -10.8. The molecule has 0 saturated carbocycles. The summed E-state index contributed by atoms with van der Waals surface area (Å²) in [6.45, 7) is 3.00. The van der Waals surface area contributed by atoms with Gasteiger partial charge in [-0.3, -0.25) is 29.6 Å². The van der Waals surface area contributed by atoms with Crippen molar-refractivity contribution in [3.63, 3.8) is 0 Å². The molecule has 0 aromatic carbocycles. The summed E-state index contributed by atoms with van der Waals surface area (Å²) < 4.78 is 60.2. The molecule has 36 heavy (non-hydrogen) atoms. The highest BCUT2D eigenvalue weighted by molar-refractivity contribution is 5.71. The van der Waals surface area contributed by atoms with E-state index in [2.05, 4.69) is 4.98 Å². The van der Waals surface area contributed by atoms with Gasteiger partial charge in [0.15, 0.2) is 24.3 Å². The van der Waals surface area contributed by atoms with Gasteiger partial charge in [0.1, 0.15) is 12.7 Å². The number of alkyl halides is 3. The second-order valence-corrected chi connectivity index (χ2v) is 7.89. The molecule has 1 fully saturated rings. The van der Waals surface area contributed by atoms with Gasteiger partial charge in [0.05, 0.1) is 12.8 Å². The molecular weight excluding hydrogens is 495 g/mol. The molecule has 1 aliphatic heterocycles. The molecule has 0 unspecified atom stereocenters. The van der Waals surface area contributed by atoms with Gasteiger partial charge in [0.2, 0.25) is 0 Å². The fourth-order valence-electron chi connectivity index (χ4n) is 3.32. The number of hydrogen-bond acceptors (Lipinski definition) is 11. The van der Waals surface area contributed by atoms with E-state index < -0.39 is 73.8 Å². The Labute approximate surface area is 203 Å². The second-order valence-electron chi connectivity index (χ2n) is 7.89. The van der Waals surface area contributed by atoms with Gasteiger partial charge in [0.25, 0.3) is 0 Å². The van der Waals surface area contributed by atoms with E-state index in [1.165, 1.54) is 6.07 Å². The van der Waals surface area contributed by atoms with Crippen LogP contribution in [0.2, 0.25) is 0 Å². The van der Waals surface area contributed by atoms with Crippen LogP contribution in [-0.4, -0.2) is 63.8 Å². The summed E-state index contributed by atoms with van der Waals surface area (Å²) in [5, 5.41) is 8.95. The van der Waals surface area contributed by atoms with Crippen LogP contribution >= 0.6 is 0 Å². The number of halogens is 3. The van der Waals surface area contributed by atoms with E-state index in [4.69, 9.17) is 24.2 Å². The number of carbonyl (C=O) groups excluding carboxylic acids is 3. The van der Waals surface area contributed by atoms with Crippen molar-refractivity contribution in [1.82, 2.24) is 9.55 Å². The maximum absolute atomic E-state index is 12.6. The van der Waals surface area contributed by atoms with Crippen LogP contribution in [0.4, 0.5) is 19.0 Å². The predicted octanol–water partition coefficient (Wildman–Crippen LogP) is 2.25. The summed E-state index contributed by atoms with van der Waals surface area (Å²) in [6, 6.07) is 1.17. The lowest BCUT2D eigenvalue weighted by Crippen LogP contribution is -2.42. The number of aromatic nitrogens is 2. The van der Waals surface area contributed by atoms with Crippen molar-refractivity contribution in [2.24, 2.45) is 0 Å². The average molecular weight is 523 g/mol. The third-order valence-corrected chi connectivity index (χ3v) is 4.97. The Morgan fingerprint density at radius 3 is 2.28 bits per heavy atom. The maximum Gasteiger partial charge on any atom is 0.389 e. The van der Waals surface area contributed by atoms with E-state index in [-0.39, 0.29) is 18.7 Å². The molecule has 1 saturated heterocycles. The molecule has 0 amide bonds. The second kappa shape index (κ2) is 13.2. The number of ether oxygens (including phenoxy) is 4. The minimum Gasteiger partial charge on any atom is -0.463 e. The molecule has 15 heteroatoms. The fraction of sp³-hybridized carbons (Fsp3) is 0.667. The van der Waals surface area contributed by atoms with Crippen molar-refractivity contribution in [3.05, 3.63) is 22.7 Å². The summed E-state index contributed by atoms with van der Waals surface area (Å²) in [4.78, 5) is 52.5. The van der Waals surface area contributed by atoms with Gasteiger partial charge in [-0.25, -0.2) is 4.79 Å². The summed E-state index contributed by atoms with van der Waals surface area (Å²) in [7, 11) is 0. The van der Waals surface area contributed by atoms with Gasteiger partial charge in [0, 0.05) is 19.0 Å². The van der Waals surface area contributed by atoms with Crippen molar-refractivity contribution in [2.45, 2.75) is 83.1 Å². The molecule has 1 aromatic heterocycles. The first kappa shape index (κ1) is 29.0. The van der Waals surface area contributed by atoms with Crippen molar-refractivity contribution < 1.29 is 51.7 Å². The van der Waals surface area contributed by atoms with Crippen LogP contribution < -0.4 is 11.2 Å². The van der Waals surface area contributed by atoms with Gasteiger partial charge in [-0.15, -0.1) is 0 Å². The zero-order valence-corrected chi connectivity index (χ0v) is 19.7. The van der Waals surface area contributed by atoms with Crippen LogP contribution in [0.15, 0.2) is 17.1 Å². The molecule has 0 radical (unpaired) electrons. The molecular formula is C21H28F3N3O9. The molecule has 0 bridgehead atoms. The predicted molar refractivity (Wildman–Crippen MR) is 114 cm³/mol. The van der Waals surface area contributed by atoms with Crippen molar-refractivity contribution in [1.29, 1.82) is 0 Å². The van der Waals surface area contributed by atoms with Gasteiger partial charge < -0.3 is 18.9 Å². The van der Waals surface area contributed by atoms with Crippen LogP contribution in [0.25, 0.3) is 0 Å². The Kier molecular flexibility index (Phi) is 10.6. The van der Waals surface area contributed by atoms with Crippen LogP contribution in [0.5, 0.6) is 0 Å². The number of rotatable bonds is 12. The van der Waals surface area contributed by atoms with Gasteiger partial charge in [-0.05, 0) is 18.9 Å². The highest BCUT2D eigenvalue weighted by atomic mass is 19.4. The molecule has 0 spiro atoms. The Morgan fingerprint density at radius 2 is 1.69 bits per heavy atom. The number of carbonyl (C=O) groups is 3. The normalized spacial score (nSPS) is 21.6. The standard InChI is InChI=1S/C21H28F3N3O9/c1-3-5-14(28)33-11-12-17(35-15(29)6-4-2)18(36-16(30)7-9-21(22,23)24)19(34-12)27-10-8-13(26-32)25-20(27)31/h8,10,12,17-19,32H,3-7,9,11H2,1-2H3,(H,25,26,31)/t12-,17-,18-,19-/m1/s1. The largest absolute Gasteiger partial charge is 0.463 e. The lowest BCUT2D eigenvalue weighted by atomic mass is 10.1. The van der Waals surface area contributed by atoms with Gasteiger partial charge in [-0.1, -0.05) is 13.8 Å². The number of anilines is 1. The maximum atomic E-state index is 12.6. The fourth-order valence-corrected chi connectivity index (χ4v) is 3.32. The van der Waals surface area contributed by atoms with Gasteiger partial charge >= 0.3 is 29.8 Å². The average Bonchev–Trinajstić information content (AvgIpc) is 3.12. The van der Waals surface area contributed by atoms with Crippen molar-refractivity contribution in [2.75, 3.05) is 12.1 Å². The minimum atomic E-state index is -4.62. The molecule has 4 atom stereocenters. The smallest absolute Gasteiger partial charge is 0.389 e. The third kappa shape index (κ3) is 8.48. The Bertz CT molecular complexity index is 970. The number of esters is 3. The van der Waals surface area contributed by atoms with E-state index in [9.17, 15) is 32.3 Å². The van der Waals surface area contributed by atoms with Crippen LogP contribution in [0.1, 0.15) is 58.6 Å². The van der Waals surface area contributed by atoms with E-state index in [1.54, 1.807) is 19.3 Å². The summed E-state index contributed by atoms with van der Waals surface area (Å²) in [5.74, 6) is -2.80. The summed E-state index contributed by atoms with van der Waals surface area (Å²) >= 11 is 0. The van der Waals surface area contributed by atoms with Crippen LogP contribution in [0.3, 0.4) is 0 Å². The molecule has 2 rings (SSSR count). The zero-order valence-electron chi connectivity index (χ0n) is 19.7. The van der Waals surface area contributed by atoms with E-state index in [0.29, 0.717) is 12.8 Å². The van der Waals surface area contributed by atoms with Crippen molar-refractivity contribution >= 4 is 23.7 Å². The quantitative estimate of drug-likeness (QED) is 0.235. The highest BCUT2D eigenvalue weighted by Crippen LogP contribution is 2.34. The first-order chi connectivity index (χ1) is 17.0. The molecule has 2 N–H and O–H groups in total. The summed E-state index contributed by atoms with van der Waals surface area (Å²) in [5.41, 5.74) is 0.690. The first-order valence-electron chi connectivity index (χ1n) is 11.2. The molecule has 1 aliphatic rings. The Morgan fingerprint density at radius 1 is 1.08 bits per heavy atom. The highest BCUT2D eigenvalue weighted by Gasteiger charge is 2.51. The Balaban J connectivity index is 2.40. The van der Waals surface area contributed by atoms with Gasteiger partial charge in [-0.2, -0.15) is 18.2 Å². The van der Waals surface area contributed by atoms with Crippen molar-refractivity contribution in [3.8, 4) is 0 Å². The molecule has 12 nitrogen and oxygen atoms in total. The SMILES string of the molecule is CCCC(=O)OC[C@H]1O[C@@H](n2ccc(NO)nc2=O)[C@H](OC(=O)CCC(F)(F)F)[C@@H]1OC(=O)CCC. The van der Waals surface area contributed by atoms with Crippen LogP contribution in [0, 0.1) is 0 Å².